The number of rotatable bonds is 6. The highest BCUT2D eigenvalue weighted by molar-refractivity contribution is 5.84. The zero-order valence-corrected chi connectivity index (χ0v) is 13.1. The lowest BCUT2D eigenvalue weighted by atomic mass is 10.1. The molecule has 0 spiro atoms. The van der Waals surface area contributed by atoms with Crippen LogP contribution in [-0.4, -0.2) is 31.1 Å². The quantitative estimate of drug-likeness (QED) is 0.819. The molecular formula is C17H23NO4. The Morgan fingerprint density at radius 3 is 2.45 bits per heavy atom. The molecule has 120 valence electrons. The molecule has 1 aliphatic carbocycles. The number of ether oxygens (including phenoxy) is 2. The molecule has 2 rings (SSSR count). The van der Waals surface area contributed by atoms with Crippen molar-refractivity contribution in [1.29, 1.82) is 0 Å². The molecule has 0 aliphatic heterocycles. The van der Waals surface area contributed by atoms with Crippen molar-refractivity contribution >= 4 is 11.9 Å². The number of carbonyl (C=O) groups is 2. The van der Waals surface area contributed by atoms with E-state index < -0.39 is 12.1 Å². The maximum atomic E-state index is 12.0. The summed E-state index contributed by atoms with van der Waals surface area (Å²) >= 11 is 0. The van der Waals surface area contributed by atoms with Crippen molar-refractivity contribution in [3.8, 4) is 5.75 Å². The van der Waals surface area contributed by atoms with Gasteiger partial charge in [-0.15, -0.1) is 0 Å². The Hall–Kier alpha value is -2.04. The van der Waals surface area contributed by atoms with Crippen LogP contribution in [0, 0.1) is 0 Å². The molecule has 0 bridgehead atoms. The number of nitrogens with one attached hydrogen (secondary N) is 1. The highest BCUT2D eigenvalue weighted by Gasteiger charge is 2.23. The molecule has 0 saturated heterocycles. The fourth-order valence-electron chi connectivity index (χ4n) is 2.59. The zero-order chi connectivity index (χ0) is 15.9. The van der Waals surface area contributed by atoms with Crippen LogP contribution in [0.25, 0.3) is 0 Å². The second-order valence-electron chi connectivity index (χ2n) is 5.65. The van der Waals surface area contributed by atoms with E-state index in [2.05, 4.69) is 5.32 Å². The van der Waals surface area contributed by atoms with Crippen LogP contribution in [0.15, 0.2) is 24.3 Å². The Kier molecular flexibility index (Phi) is 5.81. The van der Waals surface area contributed by atoms with Crippen LogP contribution < -0.4 is 10.1 Å². The minimum Gasteiger partial charge on any atom is -0.497 e. The van der Waals surface area contributed by atoms with Crippen LogP contribution in [0.3, 0.4) is 0 Å². The minimum atomic E-state index is -0.758. The van der Waals surface area contributed by atoms with E-state index in [9.17, 15) is 9.59 Å². The fourth-order valence-corrected chi connectivity index (χ4v) is 2.59. The van der Waals surface area contributed by atoms with Gasteiger partial charge in [0.2, 0.25) is 0 Å². The first-order valence-corrected chi connectivity index (χ1v) is 7.71. The van der Waals surface area contributed by atoms with Gasteiger partial charge in [0.25, 0.3) is 5.91 Å². The number of methoxy groups -OCH3 is 1. The van der Waals surface area contributed by atoms with Crippen molar-refractivity contribution in [3.05, 3.63) is 29.8 Å². The van der Waals surface area contributed by atoms with Crippen LogP contribution in [0.1, 0.15) is 38.2 Å². The summed E-state index contributed by atoms with van der Waals surface area (Å²) in [5.74, 6) is 0.121. The Balaban J connectivity index is 1.78. The molecule has 1 aliphatic rings. The maximum Gasteiger partial charge on any atom is 0.311 e. The molecule has 22 heavy (non-hydrogen) atoms. The van der Waals surface area contributed by atoms with Gasteiger partial charge >= 0.3 is 5.97 Å². The normalized spacial score (nSPS) is 16.1. The van der Waals surface area contributed by atoms with Gasteiger partial charge in [-0.2, -0.15) is 0 Å². The lowest BCUT2D eigenvalue weighted by Gasteiger charge is -2.17. The first kappa shape index (κ1) is 16.3. The van der Waals surface area contributed by atoms with Crippen molar-refractivity contribution in [1.82, 2.24) is 5.32 Å². The first-order chi connectivity index (χ1) is 10.6. The molecule has 1 atom stereocenters. The SMILES string of the molecule is COc1ccc(CC(=O)OC(C)C(=O)NC2CCCC2)cc1. The van der Waals surface area contributed by atoms with E-state index in [0.717, 1.165) is 37.0 Å². The lowest BCUT2D eigenvalue weighted by Crippen LogP contribution is -2.41. The highest BCUT2D eigenvalue weighted by Crippen LogP contribution is 2.18. The Morgan fingerprint density at radius 2 is 1.86 bits per heavy atom. The molecule has 0 heterocycles. The van der Waals surface area contributed by atoms with E-state index in [4.69, 9.17) is 9.47 Å². The van der Waals surface area contributed by atoms with Crippen molar-refractivity contribution in [2.24, 2.45) is 0 Å². The lowest BCUT2D eigenvalue weighted by molar-refractivity contribution is -0.154. The van der Waals surface area contributed by atoms with Gasteiger partial charge < -0.3 is 14.8 Å². The summed E-state index contributed by atoms with van der Waals surface area (Å²) < 4.78 is 10.3. The van der Waals surface area contributed by atoms with E-state index in [1.165, 1.54) is 0 Å². The van der Waals surface area contributed by atoms with E-state index in [1.54, 1.807) is 26.2 Å². The van der Waals surface area contributed by atoms with E-state index in [0.29, 0.717) is 0 Å². The highest BCUT2D eigenvalue weighted by atomic mass is 16.5. The number of hydrogen-bond acceptors (Lipinski definition) is 4. The third kappa shape index (κ3) is 4.76. The van der Waals surface area contributed by atoms with Gasteiger partial charge in [0, 0.05) is 6.04 Å². The molecule has 5 heteroatoms. The molecular weight excluding hydrogens is 282 g/mol. The summed E-state index contributed by atoms with van der Waals surface area (Å²) in [5, 5.41) is 2.93. The van der Waals surface area contributed by atoms with Gasteiger partial charge in [-0.25, -0.2) is 0 Å². The summed E-state index contributed by atoms with van der Waals surface area (Å²) in [7, 11) is 1.59. The number of hydrogen-bond donors (Lipinski definition) is 1. The summed E-state index contributed by atoms with van der Waals surface area (Å²) in [5.41, 5.74) is 0.828. The molecule has 1 amide bonds. The average Bonchev–Trinajstić information content (AvgIpc) is 3.00. The van der Waals surface area contributed by atoms with Gasteiger partial charge in [-0.1, -0.05) is 25.0 Å². The Morgan fingerprint density at radius 1 is 1.23 bits per heavy atom. The van der Waals surface area contributed by atoms with Crippen molar-refractivity contribution in [2.45, 2.75) is 51.2 Å². The molecule has 0 radical (unpaired) electrons. The predicted octanol–water partition coefficient (Wildman–Crippen LogP) is 2.23. The van der Waals surface area contributed by atoms with E-state index in [1.807, 2.05) is 12.1 Å². The molecule has 5 nitrogen and oxygen atoms in total. The van der Waals surface area contributed by atoms with Crippen LogP contribution >= 0.6 is 0 Å². The molecule has 1 aromatic rings. The van der Waals surface area contributed by atoms with E-state index in [-0.39, 0.29) is 18.4 Å². The topological polar surface area (TPSA) is 64.6 Å². The molecule has 0 aromatic heterocycles. The van der Waals surface area contributed by atoms with Gasteiger partial charge in [0.1, 0.15) is 5.75 Å². The second kappa shape index (κ2) is 7.82. The summed E-state index contributed by atoms with van der Waals surface area (Å²) in [6, 6.07) is 7.43. The van der Waals surface area contributed by atoms with Gasteiger partial charge in [-0.05, 0) is 37.5 Å². The molecule has 1 fully saturated rings. The molecule has 1 saturated carbocycles. The maximum absolute atomic E-state index is 12.0. The predicted molar refractivity (Wildman–Crippen MR) is 82.7 cm³/mol. The average molecular weight is 305 g/mol. The van der Waals surface area contributed by atoms with Crippen LogP contribution in [0.2, 0.25) is 0 Å². The van der Waals surface area contributed by atoms with Crippen molar-refractivity contribution in [2.75, 3.05) is 7.11 Å². The number of benzene rings is 1. The van der Waals surface area contributed by atoms with Gasteiger partial charge in [-0.3, -0.25) is 9.59 Å². The molecule has 1 N–H and O–H groups in total. The third-order valence-electron chi connectivity index (χ3n) is 3.89. The number of carbonyl (C=O) groups excluding carboxylic acids is 2. The van der Waals surface area contributed by atoms with Gasteiger partial charge in [0.05, 0.1) is 13.5 Å². The van der Waals surface area contributed by atoms with E-state index >= 15 is 0 Å². The number of esters is 1. The fraction of sp³-hybridized carbons (Fsp3) is 0.529. The smallest absolute Gasteiger partial charge is 0.311 e. The summed E-state index contributed by atoms with van der Waals surface area (Å²) in [6.45, 7) is 1.61. The summed E-state index contributed by atoms with van der Waals surface area (Å²) in [4.78, 5) is 23.9. The zero-order valence-electron chi connectivity index (χ0n) is 13.1. The van der Waals surface area contributed by atoms with Crippen LogP contribution in [0.4, 0.5) is 0 Å². The first-order valence-electron chi connectivity index (χ1n) is 7.71. The molecule has 1 aromatic carbocycles. The summed E-state index contributed by atoms with van der Waals surface area (Å²) in [6.07, 6.45) is 3.71. The van der Waals surface area contributed by atoms with Crippen LogP contribution in [-0.2, 0) is 20.7 Å². The Labute approximate surface area is 131 Å². The minimum absolute atomic E-state index is 0.144. The number of amides is 1. The van der Waals surface area contributed by atoms with Crippen LogP contribution in [0.5, 0.6) is 5.75 Å². The van der Waals surface area contributed by atoms with Crippen molar-refractivity contribution < 1.29 is 19.1 Å². The molecule has 1 unspecified atom stereocenters. The monoisotopic (exact) mass is 305 g/mol. The standard InChI is InChI=1S/C17H23NO4/c1-12(17(20)18-14-5-3-4-6-14)22-16(19)11-13-7-9-15(21-2)10-8-13/h7-10,12,14H,3-6,11H2,1-2H3,(H,18,20). The second-order valence-corrected chi connectivity index (χ2v) is 5.65. The van der Waals surface area contributed by atoms with Gasteiger partial charge in [0.15, 0.2) is 6.10 Å². The largest absolute Gasteiger partial charge is 0.497 e. The third-order valence-corrected chi connectivity index (χ3v) is 3.89. The Bertz CT molecular complexity index is 506. The van der Waals surface area contributed by atoms with Crippen molar-refractivity contribution in [3.63, 3.8) is 0 Å².